The highest BCUT2D eigenvalue weighted by atomic mass is 35.5. The summed E-state index contributed by atoms with van der Waals surface area (Å²) in [5.41, 5.74) is 4.10. The van der Waals surface area contributed by atoms with Crippen LogP contribution in [0.25, 0.3) is 0 Å². The number of sulfonamides is 1. The number of carbonyl (C=O) groups excluding carboxylic acids is 2. The van der Waals surface area contributed by atoms with Crippen LogP contribution in [0.15, 0.2) is 99.3 Å². The van der Waals surface area contributed by atoms with Crippen molar-refractivity contribution in [2.75, 3.05) is 12.4 Å². The molecule has 12 heteroatoms. The third-order valence-electron chi connectivity index (χ3n) is 5.84. The van der Waals surface area contributed by atoms with Crippen molar-refractivity contribution in [3.8, 4) is 5.75 Å². The van der Waals surface area contributed by atoms with Crippen molar-refractivity contribution >= 4 is 45.3 Å². The molecule has 3 aromatic carbocycles. The molecule has 41 heavy (non-hydrogen) atoms. The number of halogens is 1. The van der Waals surface area contributed by atoms with Gasteiger partial charge in [0.1, 0.15) is 17.3 Å². The Hall–Kier alpha value is -4.45. The Morgan fingerprint density at radius 2 is 1.71 bits per heavy atom. The number of amides is 2. The van der Waals surface area contributed by atoms with Crippen LogP contribution in [0.5, 0.6) is 5.75 Å². The first-order valence-electron chi connectivity index (χ1n) is 12.3. The number of furan rings is 1. The largest absolute Gasteiger partial charge is 0.495 e. The van der Waals surface area contributed by atoms with Crippen LogP contribution < -0.4 is 15.5 Å². The van der Waals surface area contributed by atoms with E-state index in [0.717, 1.165) is 11.1 Å². The lowest BCUT2D eigenvalue weighted by Crippen LogP contribution is -2.32. The summed E-state index contributed by atoms with van der Waals surface area (Å²) in [7, 11) is -2.42. The molecule has 212 valence electrons. The zero-order valence-corrected chi connectivity index (χ0v) is 23.8. The minimum Gasteiger partial charge on any atom is -0.495 e. The van der Waals surface area contributed by atoms with E-state index in [-0.39, 0.29) is 23.7 Å². The molecule has 0 aliphatic rings. The van der Waals surface area contributed by atoms with Crippen molar-refractivity contribution in [3.05, 3.63) is 113 Å². The molecule has 0 radical (unpaired) electrons. The standard InChI is InChI=1S/C29H27ClN4O6S/c1-20-8-15-27(39-2)26(16-20)32-28(35)29(36)33-31-17-23-13-14-24(40-23)19-34(18-21-9-11-22(30)12-10-21)41(37,38)25-6-4-3-5-7-25/h3-17H,18-19H2,1-2H3,(H,32,35)(H,33,36)/b31-17+. The third-order valence-corrected chi connectivity index (χ3v) is 7.89. The Morgan fingerprint density at radius 1 is 0.976 bits per heavy atom. The third kappa shape index (κ3) is 7.82. The summed E-state index contributed by atoms with van der Waals surface area (Å²) in [6.07, 6.45) is 1.21. The molecule has 0 bridgehead atoms. The second kappa shape index (κ2) is 13.3. The molecule has 2 amide bonds. The van der Waals surface area contributed by atoms with Gasteiger partial charge >= 0.3 is 11.8 Å². The molecule has 0 spiro atoms. The highest BCUT2D eigenvalue weighted by molar-refractivity contribution is 7.89. The van der Waals surface area contributed by atoms with E-state index >= 15 is 0 Å². The SMILES string of the molecule is COc1ccc(C)cc1NC(=O)C(=O)N/N=C/c1ccc(CN(Cc2ccc(Cl)cc2)S(=O)(=O)c2ccccc2)o1. The van der Waals surface area contributed by atoms with Crippen LogP contribution in [0.1, 0.15) is 22.6 Å². The molecular weight excluding hydrogens is 568 g/mol. The second-order valence-corrected chi connectivity index (χ2v) is 11.2. The van der Waals surface area contributed by atoms with E-state index in [1.54, 1.807) is 66.7 Å². The number of nitrogens with one attached hydrogen (secondary N) is 2. The van der Waals surface area contributed by atoms with E-state index in [1.807, 2.05) is 13.0 Å². The van der Waals surface area contributed by atoms with Crippen LogP contribution in [0.4, 0.5) is 5.69 Å². The van der Waals surface area contributed by atoms with Gasteiger partial charge < -0.3 is 14.5 Å². The Labute approximate surface area is 242 Å². The summed E-state index contributed by atoms with van der Waals surface area (Å²) in [6, 6.07) is 23.3. The van der Waals surface area contributed by atoms with Gasteiger partial charge in [-0.15, -0.1) is 0 Å². The summed E-state index contributed by atoms with van der Waals surface area (Å²) >= 11 is 5.99. The molecule has 1 heterocycles. The van der Waals surface area contributed by atoms with E-state index in [2.05, 4.69) is 15.8 Å². The smallest absolute Gasteiger partial charge is 0.329 e. The first kappa shape index (κ1) is 29.5. The lowest BCUT2D eigenvalue weighted by atomic mass is 10.2. The maximum absolute atomic E-state index is 13.5. The van der Waals surface area contributed by atoms with E-state index in [4.69, 9.17) is 20.8 Å². The first-order valence-corrected chi connectivity index (χ1v) is 14.1. The summed E-state index contributed by atoms with van der Waals surface area (Å²) in [5.74, 6) is -0.947. The van der Waals surface area contributed by atoms with Crippen molar-refractivity contribution in [3.63, 3.8) is 0 Å². The van der Waals surface area contributed by atoms with E-state index in [1.165, 1.54) is 29.8 Å². The Bertz CT molecular complexity index is 1650. The lowest BCUT2D eigenvalue weighted by Gasteiger charge is -2.21. The number of hydrogen-bond acceptors (Lipinski definition) is 7. The molecule has 2 N–H and O–H groups in total. The highest BCUT2D eigenvalue weighted by Gasteiger charge is 2.26. The number of rotatable bonds is 10. The highest BCUT2D eigenvalue weighted by Crippen LogP contribution is 2.25. The number of carbonyl (C=O) groups is 2. The molecule has 4 rings (SSSR count). The van der Waals surface area contributed by atoms with E-state index < -0.39 is 21.8 Å². The van der Waals surface area contributed by atoms with Gasteiger partial charge in [-0.2, -0.15) is 9.41 Å². The predicted octanol–water partition coefficient (Wildman–Crippen LogP) is 4.73. The molecule has 1 aromatic heterocycles. The molecule has 10 nitrogen and oxygen atoms in total. The molecule has 0 fully saturated rings. The van der Waals surface area contributed by atoms with Crippen molar-refractivity contribution in [2.45, 2.75) is 24.9 Å². The summed E-state index contributed by atoms with van der Waals surface area (Å²) in [4.78, 5) is 24.7. The predicted molar refractivity (Wildman–Crippen MR) is 155 cm³/mol. The molecular formula is C29H27ClN4O6S. The molecule has 0 aliphatic carbocycles. The average Bonchev–Trinajstić information content (AvgIpc) is 3.41. The van der Waals surface area contributed by atoms with E-state index in [0.29, 0.717) is 22.2 Å². The minimum atomic E-state index is -3.87. The summed E-state index contributed by atoms with van der Waals surface area (Å²) < 4.78 is 39.1. The van der Waals surface area contributed by atoms with Crippen LogP contribution in [0.3, 0.4) is 0 Å². The van der Waals surface area contributed by atoms with Gasteiger partial charge in [0, 0.05) is 11.6 Å². The van der Waals surface area contributed by atoms with Gasteiger partial charge in [-0.1, -0.05) is 48.0 Å². The quantitative estimate of drug-likeness (QED) is 0.155. The Morgan fingerprint density at radius 3 is 2.41 bits per heavy atom. The number of aryl methyl sites for hydroxylation is 1. The van der Waals surface area contributed by atoms with Crippen LogP contribution in [-0.4, -0.2) is 37.9 Å². The number of hydrogen-bond donors (Lipinski definition) is 2. The van der Waals surface area contributed by atoms with Crippen LogP contribution in [0, 0.1) is 6.92 Å². The number of nitrogens with zero attached hydrogens (tertiary/aromatic N) is 2. The number of ether oxygens (including phenoxy) is 1. The number of benzene rings is 3. The van der Waals surface area contributed by atoms with Crippen LogP contribution >= 0.6 is 11.6 Å². The fourth-order valence-corrected chi connectivity index (χ4v) is 5.33. The number of hydrazone groups is 1. The van der Waals surface area contributed by atoms with Gasteiger partial charge in [-0.3, -0.25) is 9.59 Å². The normalized spacial score (nSPS) is 11.5. The maximum atomic E-state index is 13.5. The van der Waals surface area contributed by atoms with Crippen LogP contribution in [0.2, 0.25) is 5.02 Å². The molecule has 0 saturated heterocycles. The lowest BCUT2D eigenvalue weighted by molar-refractivity contribution is -0.136. The van der Waals surface area contributed by atoms with Crippen molar-refractivity contribution < 1.29 is 27.2 Å². The second-order valence-electron chi connectivity index (χ2n) is 8.87. The maximum Gasteiger partial charge on any atom is 0.329 e. The number of methoxy groups -OCH3 is 1. The zero-order valence-electron chi connectivity index (χ0n) is 22.2. The monoisotopic (exact) mass is 594 g/mol. The van der Waals surface area contributed by atoms with Gasteiger partial charge in [0.2, 0.25) is 10.0 Å². The zero-order chi connectivity index (χ0) is 29.4. The molecule has 0 aliphatic heterocycles. The molecule has 0 saturated carbocycles. The first-order chi connectivity index (χ1) is 19.7. The van der Waals surface area contributed by atoms with Crippen molar-refractivity contribution in [1.82, 2.24) is 9.73 Å². The topological polar surface area (TPSA) is 130 Å². The fraction of sp³-hybridized carbons (Fsp3) is 0.138. The Balaban J connectivity index is 1.43. The van der Waals surface area contributed by atoms with Gasteiger partial charge in [-0.25, -0.2) is 13.8 Å². The van der Waals surface area contributed by atoms with E-state index in [9.17, 15) is 18.0 Å². The molecule has 0 atom stereocenters. The minimum absolute atomic E-state index is 0.0687. The molecule has 4 aromatic rings. The van der Waals surface area contributed by atoms with Crippen molar-refractivity contribution in [2.24, 2.45) is 5.10 Å². The van der Waals surface area contributed by atoms with Crippen LogP contribution in [-0.2, 0) is 32.7 Å². The van der Waals surface area contributed by atoms with Gasteiger partial charge in [0.25, 0.3) is 0 Å². The number of anilines is 1. The fourth-order valence-electron chi connectivity index (χ4n) is 3.79. The van der Waals surface area contributed by atoms with Gasteiger partial charge in [-0.05, 0) is 66.6 Å². The van der Waals surface area contributed by atoms with Gasteiger partial charge in [0.05, 0.1) is 30.5 Å². The summed E-state index contributed by atoms with van der Waals surface area (Å²) in [6.45, 7) is 1.85. The summed E-state index contributed by atoms with van der Waals surface area (Å²) in [5, 5.41) is 6.80. The van der Waals surface area contributed by atoms with Crippen molar-refractivity contribution in [1.29, 1.82) is 0 Å². The Kier molecular flexibility index (Phi) is 9.56. The van der Waals surface area contributed by atoms with Gasteiger partial charge in [0.15, 0.2) is 0 Å². The molecule has 0 unspecified atom stereocenters. The average molecular weight is 595 g/mol.